The van der Waals surface area contributed by atoms with Crippen molar-refractivity contribution in [3.05, 3.63) is 45.3 Å². The quantitative estimate of drug-likeness (QED) is 0.717. The van der Waals surface area contributed by atoms with Gasteiger partial charge in [-0.1, -0.05) is 11.6 Å². The maximum absolute atomic E-state index is 11.4. The minimum atomic E-state index is -1.52. The fourth-order valence-corrected chi connectivity index (χ4v) is 1.40. The summed E-state index contributed by atoms with van der Waals surface area (Å²) in [6.45, 7) is 0. The van der Waals surface area contributed by atoms with Crippen molar-refractivity contribution >= 4 is 28.5 Å². The Morgan fingerprint density at radius 3 is 2.73 bits per heavy atom. The van der Waals surface area contributed by atoms with Crippen molar-refractivity contribution in [3.8, 4) is 0 Å². The summed E-state index contributed by atoms with van der Waals surface area (Å²) in [4.78, 5) is 21.9. The second-order valence-electron chi connectivity index (χ2n) is 2.90. The highest BCUT2D eigenvalue weighted by atomic mass is 35.5. The first-order valence-corrected chi connectivity index (χ1v) is 4.40. The van der Waals surface area contributed by atoms with Gasteiger partial charge in [0.05, 0.1) is 5.39 Å². The molecule has 76 valence electrons. The molecule has 0 fully saturated rings. The van der Waals surface area contributed by atoms with Gasteiger partial charge in [-0.25, -0.2) is 0 Å². The van der Waals surface area contributed by atoms with Gasteiger partial charge in [-0.15, -0.1) is 0 Å². The summed E-state index contributed by atoms with van der Waals surface area (Å²) in [6.07, 6.45) is 0. The molecule has 0 radical (unpaired) electrons. The van der Waals surface area contributed by atoms with Crippen LogP contribution in [0.4, 0.5) is 0 Å². The average Bonchev–Trinajstić information content (AvgIpc) is 2.18. The number of rotatable bonds is 1. The van der Waals surface area contributed by atoms with E-state index < -0.39 is 17.2 Å². The Morgan fingerprint density at radius 2 is 2.07 bits per heavy atom. The lowest BCUT2D eigenvalue weighted by Gasteiger charge is -2.02. The van der Waals surface area contributed by atoms with Crippen LogP contribution < -0.4 is 10.5 Å². The molecule has 2 rings (SSSR count). The Hall–Kier alpha value is -1.81. The van der Waals surface area contributed by atoms with E-state index in [2.05, 4.69) is 0 Å². The van der Waals surface area contributed by atoms with Crippen LogP contribution in [-0.2, 0) is 0 Å². The molecule has 0 unspecified atom stereocenters. The summed E-state index contributed by atoms with van der Waals surface area (Å²) in [5.74, 6) is -2.02. The van der Waals surface area contributed by atoms with Crippen LogP contribution in [0, 0.1) is 0 Å². The van der Waals surface area contributed by atoms with Crippen molar-refractivity contribution in [2.24, 2.45) is 0 Å². The lowest BCUT2D eigenvalue weighted by molar-refractivity contribution is -0.257. The molecule has 1 heterocycles. The van der Waals surface area contributed by atoms with Crippen molar-refractivity contribution in [3.63, 3.8) is 0 Å². The van der Waals surface area contributed by atoms with Crippen LogP contribution in [-0.4, -0.2) is 5.97 Å². The highest BCUT2D eigenvalue weighted by molar-refractivity contribution is 6.31. The molecule has 0 bridgehead atoms. The summed E-state index contributed by atoms with van der Waals surface area (Å²) in [6, 6.07) is 5.23. The van der Waals surface area contributed by atoms with E-state index in [4.69, 9.17) is 16.0 Å². The van der Waals surface area contributed by atoms with E-state index in [0.29, 0.717) is 5.02 Å². The van der Waals surface area contributed by atoms with Crippen LogP contribution >= 0.6 is 11.6 Å². The third-order valence-electron chi connectivity index (χ3n) is 1.89. The summed E-state index contributed by atoms with van der Waals surface area (Å²) in [5.41, 5.74) is -0.288. The van der Waals surface area contributed by atoms with Crippen LogP contribution in [0.3, 0.4) is 0 Å². The number of carboxylic acid groups (broad SMARTS) is 1. The van der Waals surface area contributed by atoms with Gasteiger partial charge < -0.3 is 14.3 Å². The van der Waals surface area contributed by atoms with Crippen LogP contribution in [0.2, 0.25) is 5.02 Å². The Balaban J connectivity index is 2.84. The van der Waals surface area contributed by atoms with E-state index in [1.807, 2.05) is 0 Å². The second-order valence-corrected chi connectivity index (χ2v) is 3.34. The van der Waals surface area contributed by atoms with Crippen molar-refractivity contribution in [1.82, 2.24) is 0 Å². The van der Waals surface area contributed by atoms with Gasteiger partial charge in [0.15, 0.2) is 11.2 Å². The van der Waals surface area contributed by atoms with Crippen molar-refractivity contribution in [2.75, 3.05) is 0 Å². The zero-order valence-electron chi connectivity index (χ0n) is 7.32. The Kier molecular flexibility index (Phi) is 2.21. The highest BCUT2D eigenvalue weighted by Crippen LogP contribution is 2.17. The maximum Gasteiger partial charge on any atom is 0.193 e. The minimum Gasteiger partial charge on any atom is -0.542 e. The molecule has 5 heteroatoms. The van der Waals surface area contributed by atoms with E-state index >= 15 is 0 Å². The summed E-state index contributed by atoms with van der Waals surface area (Å²) in [7, 11) is 0. The molecule has 0 aliphatic heterocycles. The van der Waals surface area contributed by atoms with Gasteiger partial charge in [-0.3, -0.25) is 4.79 Å². The molecular weight excluding hydrogens is 220 g/mol. The number of carbonyl (C=O) groups excluding carboxylic acids is 1. The SMILES string of the molecule is O=C([O-])c1cc(=O)c2cc(Cl)ccc2o1. The van der Waals surface area contributed by atoms with E-state index in [1.54, 1.807) is 0 Å². The Labute approximate surface area is 88.7 Å². The normalized spacial score (nSPS) is 10.5. The number of carbonyl (C=O) groups is 1. The molecule has 0 atom stereocenters. The van der Waals surface area contributed by atoms with Crippen LogP contribution in [0.1, 0.15) is 10.6 Å². The summed E-state index contributed by atoms with van der Waals surface area (Å²) < 4.78 is 4.94. The second kappa shape index (κ2) is 3.40. The molecule has 1 aromatic carbocycles. The topological polar surface area (TPSA) is 70.3 Å². The summed E-state index contributed by atoms with van der Waals surface area (Å²) >= 11 is 5.68. The zero-order valence-corrected chi connectivity index (χ0v) is 8.08. The number of fused-ring (bicyclic) bond motifs is 1. The molecule has 0 aliphatic carbocycles. The molecule has 1 aromatic heterocycles. The zero-order chi connectivity index (χ0) is 11.0. The third-order valence-corrected chi connectivity index (χ3v) is 2.13. The number of carboxylic acids is 1. The standard InChI is InChI=1S/C10H5ClO4/c11-5-1-2-8-6(3-5)7(12)4-9(15-8)10(13)14/h1-4H,(H,13,14)/p-1. The number of benzene rings is 1. The lowest BCUT2D eigenvalue weighted by Crippen LogP contribution is -2.23. The van der Waals surface area contributed by atoms with Crippen LogP contribution in [0.5, 0.6) is 0 Å². The molecule has 15 heavy (non-hydrogen) atoms. The molecule has 0 aliphatic rings. The van der Waals surface area contributed by atoms with Crippen LogP contribution in [0.25, 0.3) is 11.0 Å². The van der Waals surface area contributed by atoms with Gasteiger partial charge in [0.2, 0.25) is 0 Å². The Morgan fingerprint density at radius 1 is 1.33 bits per heavy atom. The predicted octanol–water partition coefficient (Wildman–Crippen LogP) is 0.810. The largest absolute Gasteiger partial charge is 0.542 e. The molecule has 0 spiro atoms. The van der Waals surface area contributed by atoms with Gasteiger partial charge in [0, 0.05) is 11.1 Å². The molecule has 0 saturated heterocycles. The third kappa shape index (κ3) is 1.71. The summed E-state index contributed by atoms with van der Waals surface area (Å²) in [5, 5.41) is 11.1. The molecular formula is C10H4ClO4-. The minimum absolute atomic E-state index is 0.172. The lowest BCUT2D eigenvalue weighted by atomic mass is 10.2. The van der Waals surface area contributed by atoms with Crippen molar-refractivity contribution in [1.29, 1.82) is 0 Å². The number of hydrogen-bond donors (Lipinski definition) is 0. The Bertz CT molecular complexity index is 600. The number of hydrogen-bond acceptors (Lipinski definition) is 4. The van der Waals surface area contributed by atoms with Gasteiger partial charge in [0.25, 0.3) is 0 Å². The smallest absolute Gasteiger partial charge is 0.193 e. The van der Waals surface area contributed by atoms with Gasteiger partial charge in [-0.2, -0.15) is 0 Å². The van der Waals surface area contributed by atoms with E-state index in [-0.39, 0.29) is 11.0 Å². The fourth-order valence-electron chi connectivity index (χ4n) is 1.23. The molecule has 0 amide bonds. The first-order chi connectivity index (χ1) is 7.08. The van der Waals surface area contributed by atoms with Gasteiger partial charge >= 0.3 is 0 Å². The number of aromatic carboxylic acids is 1. The van der Waals surface area contributed by atoms with E-state index in [1.165, 1.54) is 18.2 Å². The first kappa shape index (κ1) is 9.73. The monoisotopic (exact) mass is 223 g/mol. The molecule has 0 saturated carbocycles. The van der Waals surface area contributed by atoms with Crippen molar-refractivity contribution in [2.45, 2.75) is 0 Å². The average molecular weight is 224 g/mol. The predicted molar refractivity (Wildman–Crippen MR) is 51.8 cm³/mol. The maximum atomic E-state index is 11.4. The number of halogens is 1. The first-order valence-electron chi connectivity index (χ1n) is 4.02. The molecule has 0 N–H and O–H groups in total. The highest BCUT2D eigenvalue weighted by Gasteiger charge is 2.05. The van der Waals surface area contributed by atoms with Crippen LogP contribution in [0.15, 0.2) is 33.5 Å². The van der Waals surface area contributed by atoms with Crippen molar-refractivity contribution < 1.29 is 14.3 Å². The van der Waals surface area contributed by atoms with E-state index in [0.717, 1.165) is 6.07 Å². The van der Waals surface area contributed by atoms with E-state index in [9.17, 15) is 14.7 Å². The van der Waals surface area contributed by atoms with Gasteiger partial charge in [0.1, 0.15) is 11.6 Å². The molecule has 4 nitrogen and oxygen atoms in total. The molecule has 2 aromatic rings. The fraction of sp³-hybridized carbons (Fsp3) is 0. The van der Waals surface area contributed by atoms with Gasteiger partial charge in [-0.05, 0) is 18.2 Å².